The Balaban J connectivity index is 2.53. The highest BCUT2D eigenvalue weighted by Crippen LogP contribution is 1.79. The van der Waals surface area contributed by atoms with Crippen molar-refractivity contribution in [2.24, 2.45) is 0 Å². The molecule has 0 rings (SSSR count). The van der Waals surface area contributed by atoms with Crippen molar-refractivity contribution in [1.82, 2.24) is 5.32 Å². The molecule has 50 valence electrons. The van der Waals surface area contributed by atoms with Crippen LogP contribution < -0.4 is 5.32 Å². The highest BCUT2D eigenvalue weighted by molar-refractivity contribution is 6.08. The molecule has 0 radical (unpaired) electrons. The summed E-state index contributed by atoms with van der Waals surface area (Å²) in [4.78, 5) is 0. The molecule has 0 aliphatic rings. The molecule has 0 aromatic rings. The topological polar surface area (TPSA) is 12.0 Å². The molecule has 8 heavy (non-hydrogen) atoms. The average molecular weight is 131 g/mol. The molecule has 0 aliphatic heterocycles. The smallest absolute Gasteiger partial charge is 0.00286 e. The van der Waals surface area contributed by atoms with Crippen molar-refractivity contribution in [3.63, 3.8) is 0 Å². The van der Waals surface area contributed by atoms with Crippen molar-refractivity contribution >= 4 is 10.2 Å². The Morgan fingerprint density at radius 2 is 2.12 bits per heavy atom. The summed E-state index contributed by atoms with van der Waals surface area (Å²) in [7, 11) is 1.37. The highest BCUT2D eigenvalue weighted by atomic mass is 28.1. The van der Waals surface area contributed by atoms with E-state index in [9.17, 15) is 0 Å². The van der Waals surface area contributed by atoms with Crippen LogP contribution in [0.2, 0.25) is 6.04 Å². The van der Waals surface area contributed by atoms with Crippen molar-refractivity contribution in [3.05, 3.63) is 0 Å². The van der Waals surface area contributed by atoms with Gasteiger partial charge < -0.3 is 5.32 Å². The van der Waals surface area contributed by atoms with Crippen LogP contribution in [0.4, 0.5) is 0 Å². The van der Waals surface area contributed by atoms with Gasteiger partial charge in [0.05, 0.1) is 0 Å². The van der Waals surface area contributed by atoms with Gasteiger partial charge in [-0.05, 0) is 25.9 Å². The molecule has 0 unspecified atom stereocenters. The summed E-state index contributed by atoms with van der Waals surface area (Å²) in [6.45, 7) is 4.63. The maximum Gasteiger partial charge on any atom is 0.00286 e. The first kappa shape index (κ1) is 8.18. The van der Waals surface area contributed by atoms with Crippen molar-refractivity contribution in [3.8, 4) is 0 Å². The Hall–Kier alpha value is 0.177. The fourth-order valence-corrected chi connectivity index (χ4v) is 0.957. The molecule has 0 aromatic heterocycles. The zero-order valence-electron chi connectivity index (χ0n) is 6.04. The fraction of sp³-hybridized carbons (Fsp3) is 1.00. The SMILES string of the molecule is CCCNCCC[SiH3]. The first-order chi connectivity index (χ1) is 3.91. The lowest BCUT2D eigenvalue weighted by molar-refractivity contribution is 0.661. The molecule has 0 aromatic carbocycles. The van der Waals surface area contributed by atoms with Gasteiger partial charge in [-0.1, -0.05) is 13.0 Å². The third kappa shape index (κ3) is 6.18. The Labute approximate surface area is 55.3 Å². The molecule has 0 spiro atoms. The summed E-state index contributed by atoms with van der Waals surface area (Å²) in [5.41, 5.74) is 0. The van der Waals surface area contributed by atoms with E-state index in [0.717, 1.165) is 0 Å². The van der Waals surface area contributed by atoms with Crippen molar-refractivity contribution in [1.29, 1.82) is 0 Å². The van der Waals surface area contributed by atoms with E-state index in [1.807, 2.05) is 0 Å². The van der Waals surface area contributed by atoms with E-state index in [2.05, 4.69) is 12.2 Å². The number of hydrogen-bond acceptors (Lipinski definition) is 1. The maximum atomic E-state index is 3.36. The third-order valence-corrected chi connectivity index (χ3v) is 1.84. The predicted octanol–water partition coefficient (Wildman–Crippen LogP) is 0.160. The normalized spacial score (nSPS) is 10.1. The van der Waals surface area contributed by atoms with Gasteiger partial charge in [0.2, 0.25) is 0 Å². The summed E-state index contributed by atoms with van der Waals surface area (Å²) in [6.07, 6.45) is 2.65. The van der Waals surface area contributed by atoms with Crippen molar-refractivity contribution in [2.45, 2.75) is 25.8 Å². The van der Waals surface area contributed by atoms with E-state index in [0.29, 0.717) is 0 Å². The third-order valence-electron chi connectivity index (χ3n) is 1.13. The van der Waals surface area contributed by atoms with Gasteiger partial charge in [0.1, 0.15) is 0 Å². The first-order valence-corrected chi connectivity index (χ1v) is 5.04. The van der Waals surface area contributed by atoms with Crippen LogP contribution in [0, 0.1) is 0 Å². The second-order valence-electron chi connectivity index (χ2n) is 2.10. The van der Waals surface area contributed by atoms with Crippen LogP contribution in [0.25, 0.3) is 0 Å². The highest BCUT2D eigenvalue weighted by Gasteiger charge is 1.80. The van der Waals surface area contributed by atoms with Crippen molar-refractivity contribution in [2.75, 3.05) is 13.1 Å². The number of nitrogens with one attached hydrogen (secondary N) is 1. The average Bonchev–Trinajstić information content (AvgIpc) is 1.81. The Morgan fingerprint density at radius 1 is 1.38 bits per heavy atom. The molecule has 0 saturated heterocycles. The van der Waals surface area contributed by atoms with Crippen LogP contribution in [0.1, 0.15) is 19.8 Å². The number of rotatable bonds is 5. The summed E-state index contributed by atoms with van der Waals surface area (Å²) >= 11 is 0. The predicted molar refractivity (Wildman–Crippen MR) is 42.5 cm³/mol. The van der Waals surface area contributed by atoms with Crippen molar-refractivity contribution < 1.29 is 0 Å². The molecule has 1 nitrogen and oxygen atoms in total. The fourth-order valence-electron chi connectivity index (χ4n) is 0.604. The summed E-state index contributed by atoms with van der Waals surface area (Å²) in [6, 6.07) is 1.44. The monoisotopic (exact) mass is 131 g/mol. The lowest BCUT2D eigenvalue weighted by Crippen LogP contribution is -2.15. The van der Waals surface area contributed by atoms with Crippen LogP contribution in [0.3, 0.4) is 0 Å². The second kappa shape index (κ2) is 7.18. The van der Waals surface area contributed by atoms with Crippen LogP contribution in [-0.2, 0) is 0 Å². The molecule has 1 N–H and O–H groups in total. The van der Waals surface area contributed by atoms with Crippen LogP contribution in [-0.4, -0.2) is 23.3 Å². The number of hydrogen-bond donors (Lipinski definition) is 1. The Bertz CT molecular complexity index is 33.5. The van der Waals surface area contributed by atoms with Gasteiger partial charge in [-0.15, -0.1) is 0 Å². The zero-order chi connectivity index (χ0) is 6.24. The van der Waals surface area contributed by atoms with Crippen LogP contribution in [0.5, 0.6) is 0 Å². The molecular weight excluding hydrogens is 114 g/mol. The molecule has 0 heterocycles. The second-order valence-corrected chi connectivity index (χ2v) is 3.10. The van der Waals surface area contributed by atoms with Gasteiger partial charge in [0.15, 0.2) is 0 Å². The molecule has 0 aliphatic carbocycles. The van der Waals surface area contributed by atoms with E-state index in [1.54, 1.807) is 0 Å². The van der Waals surface area contributed by atoms with Gasteiger partial charge in [-0.3, -0.25) is 0 Å². The molecular formula is C6H17NSi. The first-order valence-electron chi connectivity index (χ1n) is 3.62. The minimum absolute atomic E-state index is 1.20. The van der Waals surface area contributed by atoms with E-state index < -0.39 is 0 Å². The Morgan fingerprint density at radius 3 is 2.62 bits per heavy atom. The molecule has 0 atom stereocenters. The maximum absolute atomic E-state index is 3.36. The van der Waals surface area contributed by atoms with Gasteiger partial charge >= 0.3 is 0 Å². The minimum atomic E-state index is 1.20. The molecule has 0 fully saturated rings. The largest absolute Gasteiger partial charge is 0.317 e. The summed E-state index contributed by atoms with van der Waals surface area (Å²) < 4.78 is 0. The van der Waals surface area contributed by atoms with Crippen LogP contribution in [0.15, 0.2) is 0 Å². The summed E-state index contributed by atoms with van der Waals surface area (Å²) in [5, 5.41) is 3.36. The molecule has 0 saturated carbocycles. The van der Waals surface area contributed by atoms with Gasteiger partial charge in [-0.2, -0.15) is 0 Å². The molecule has 2 heteroatoms. The van der Waals surface area contributed by atoms with E-state index in [1.165, 1.54) is 42.2 Å². The summed E-state index contributed by atoms with van der Waals surface area (Å²) in [5.74, 6) is 0. The van der Waals surface area contributed by atoms with E-state index in [-0.39, 0.29) is 0 Å². The van der Waals surface area contributed by atoms with E-state index >= 15 is 0 Å². The standard InChI is InChI=1S/C6H17NSi/c1-2-4-7-5-3-6-8/h7H,2-6H2,1,8H3. The molecule has 0 amide bonds. The zero-order valence-corrected chi connectivity index (χ0v) is 8.04. The minimum Gasteiger partial charge on any atom is -0.317 e. The van der Waals surface area contributed by atoms with Gasteiger partial charge in [0.25, 0.3) is 0 Å². The van der Waals surface area contributed by atoms with Gasteiger partial charge in [-0.25, -0.2) is 0 Å². The van der Waals surface area contributed by atoms with Gasteiger partial charge in [0, 0.05) is 10.2 Å². The van der Waals surface area contributed by atoms with Crippen LogP contribution >= 0.6 is 0 Å². The van der Waals surface area contributed by atoms with E-state index in [4.69, 9.17) is 0 Å². The lowest BCUT2D eigenvalue weighted by Gasteiger charge is -1.98. The quantitative estimate of drug-likeness (QED) is 0.414. The molecule has 0 bridgehead atoms. The lowest BCUT2D eigenvalue weighted by atomic mass is 10.4. The Kier molecular flexibility index (Phi) is 7.34.